The van der Waals surface area contributed by atoms with Crippen molar-refractivity contribution in [3.63, 3.8) is 0 Å². The second-order valence-electron chi connectivity index (χ2n) is 7.18. The fourth-order valence-corrected chi connectivity index (χ4v) is 3.88. The minimum atomic E-state index is 0.556. The van der Waals surface area contributed by atoms with E-state index in [0.717, 1.165) is 12.0 Å². The average Bonchev–Trinajstić information content (AvgIpc) is 3.30. The highest BCUT2D eigenvalue weighted by Gasteiger charge is 2.34. The minimum Gasteiger partial charge on any atom is -0.316 e. The summed E-state index contributed by atoms with van der Waals surface area (Å²) in [6.45, 7) is 10.6. The molecule has 0 bridgehead atoms. The lowest BCUT2D eigenvalue weighted by Crippen LogP contribution is -2.40. The monoisotopic (exact) mass is 286 g/mol. The molecule has 2 heteroatoms. The quantitative estimate of drug-likeness (QED) is 0.885. The molecule has 21 heavy (non-hydrogen) atoms. The van der Waals surface area contributed by atoms with Crippen molar-refractivity contribution in [2.75, 3.05) is 19.6 Å². The van der Waals surface area contributed by atoms with Gasteiger partial charge >= 0.3 is 0 Å². The van der Waals surface area contributed by atoms with E-state index in [-0.39, 0.29) is 0 Å². The summed E-state index contributed by atoms with van der Waals surface area (Å²) < 4.78 is 0. The zero-order chi connectivity index (χ0) is 14.8. The van der Waals surface area contributed by atoms with Crippen molar-refractivity contribution < 1.29 is 0 Å². The van der Waals surface area contributed by atoms with Gasteiger partial charge in [-0.15, -0.1) is 0 Å². The van der Waals surface area contributed by atoms with E-state index in [1.165, 1.54) is 62.0 Å². The second-order valence-corrected chi connectivity index (χ2v) is 7.18. The summed E-state index contributed by atoms with van der Waals surface area (Å²) in [6.07, 6.45) is 5.54. The molecule has 0 amide bonds. The number of benzene rings is 1. The summed E-state index contributed by atoms with van der Waals surface area (Å²) in [7, 11) is 0. The molecule has 0 spiro atoms. The molecular weight excluding hydrogens is 256 g/mol. The minimum absolute atomic E-state index is 0.556. The third-order valence-corrected chi connectivity index (χ3v) is 5.26. The lowest BCUT2D eigenvalue weighted by atomic mass is 9.95. The summed E-state index contributed by atoms with van der Waals surface area (Å²) in [6, 6.07) is 8.34. The SMILES string of the molecule is Cc1ccc(C(C)N(CC2CCCNC2)C2CC2)c(C)c1. The first kappa shape index (κ1) is 15.1. The zero-order valence-corrected chi connectivity index (χ0v) is 13.9. The molecule has 116 valence electrons. The molecule has 0 aromatic heterocycles. The molecule has 2 atom stereocenters. The van der Waals surface area contributed by atoms with Crippen LogP contribution in [0.15, 0.2) is 18.2 Å². The van der Waals surface area contributed by atoms with E-state index < -0.39 is 0 Å². The third kappa shape index (κ3) is 3.67. The van der Waals surface area contributed by atoms with Crippen molar-refractivity contribution >= 4 is 0 Å². The first-order valence-corrected chi connectivity index (χ1v) is 8.69. The molecule has 1 aliphatic heterocycles. The molecule has 2 unspecified atom stereocenters. The van der Waals surface area contributed by atoms with E-state index >= 15 is 0 Å². The smallest absolute Gasteiger partial charge is 0.0325 e. The van der Waals surface area contributed by atoms with Crippen LogP contribution in [0.25, 0.3) is 0 Å². The third-order valence-electron chi connectivity index (χ3n) is 5.26. The second kappa shape index (κ2) is 6.50. The van der Waals surface area contributed by atoms with Crippen molar-refractivity contribution in [3.8, 4) is 0 Å². The van der Waals surface area contributed by atoms with Gasteiger partial charge in [0.05, 0.1) is 0 Å². The van der Waals surface area contributed by atoms with E-state index in [1.54, 1.807) is 0 Å². The number of nitrogens with zero attached hydrogens (tertiary/aromatic N) is 1. The molecular formula is C19H30N2. The Hall–Kier alpha value is -0.860. The van der Waals surface area contributed by atoms with E-state index in [9.17, 15) is 0 Å². The average molecular weight is 286 g/mol. The van der Waals surface area contributed by atoms with Gasteiger partial charge in [-0.1, -0.05) is 23.8 Å². The van der Waals surface area contributed by atoms with Gasteiger partial charge in [-0.2, -0.15) is 0 Å². The van der Waals surface area contributed by atoms with Gasteiger partial charge in [0.15, 0.2) is 0 Å². The highest BCUT2D eigenvalue weighted by atomic mass is 15.2. The largest absolute Gasteiger partial charge is 0.316 e. The number of hydrogen-bond acceptors (Lipinski definition) is 2. The standard InChI is InChI=1S/C19H30N2/c1-14-6-9-19(15(2)11-14)16(3)21(18-7-8-18)13-17-5-4-10-20-12-17/h6,9,11,16-18,20H,4-5,7-8,10,12-13H2,1-3H3. The highest BCUT2D eigenvalue weighted by molar-refractivity contribution is 5.32. The molecule has 1 heterocycles. The summed E-state index contributed by atoms with van der Waals surface area (Å²) in [5.41, 5.74) is 4.35. The molecule has 0 radical (unpaired) electrons. The number of piperidine rings is 1. The van der Waals surface area contributed by atoms with Crippen molar-refractivity contribution in [1.82, 2.24) is 10.2 Å². The van der Waals surface area contributed by atoms with Gasteiger partial charge in [0.2, 0.25) is 0 Å². The predicted molar refractivity (Wildman–Crippen MR) is 89.7 cm³/mol. The van der Waals surface area contributed by atoms with Crippen LogP contribution in [-0.4, -0.2) is 30.6 Å². The Bertz CT molecular complexity index is 472. The fraction of sp³-hybridized carbons (Fsp3) is 0.684. The van der Waals surface area contributed by atoms with Crippen LogP contribution in [0.3, 0.4) is 0 Å². The Morgan fingerprint density at radius 3 is 2.67 bits per heavy atom. The van der Waals surface area contributed by atoms with Crippen LogP contribution in [-0.2, 0) is 0 Å². The van der Waals surface area contributed by atoms with Gasteiger partial charge in [0.25, 0.3) is 0 Å². The van der Waals surface area contributed by atoms with Crippen molar-refractivity contribution in [3.05, 3.63) is 34.9 Å². The number of hydrogen-bond donors (Lipinski definition) is 1. The maximum atomic E-state index is 3.57. The predicted octanol–water partition coefficient (Wildman–Crippen LogP) is 3.83. The van der Waals surface area contributed by atoms with E-state index in [0.29, 0.717) is 6.04 Å². The van der Waals surface area contributed by atoms with Gasteiger partial charge in [0.1, 0.15) is 0 Å². The van der Waals surface area contributed by atoms with Crippen molar-refractivity contribution in [1.29, 1.82) is 0 Å². The zero-order valence-electron chi connectivity index (χ0n) is 13.9. The molecule has 2 nitrogen and oxygen atoms in total. The van der Waals surface area contributed by atoms with Crippen LogP contribution in [0.4, 0.5) is 0 Å². The molecule has 1 saturated heterocycles. The molecule has 1 N–H and O–H groups in total. The first-order valence-electron chi connectivity index (χ1n) is 8.69. The van der Waals surface area contributed by atoms with Crippen molar-refractivity contribution in [2.24, 2.45) is 5.92 Å². The number of nitrogens with one attached hydrogen (secondary N) is 1. The summed E-state index contributed by atoms with van der Waals surface area (Å²) in [4.78, 5) is 2.79. The van der Waals surface area contributed by atoms with E-state index in [4.69, 9.17) is 0 Å². The van der Waals surface area contributed by atoms with Crippen LogP contribution in [0.1, 0.15) is 55.3 Å². The Morgan fingerprint density at radius 1 is 1.24 bits per heavy atom. The molecule has 1 aromatic carbocycles. The highest BCUT2D eigenvalue weighted by Crippen LogP contribution is 2.36. The maximum Gasteiger partial charge on any atom is 0.0325 e. The molecule has 1 saturated carbocycles. The summed E-state index contributed by atoms with van der Waals surface area (Å²) in [5, 5.41) is 3.57. The van der Waals surface area contributed by atoms with Gasteiger partial charge in [-0.05, 0) is 76.6 Å². The van der Waals surface area contributed by atoms with Crippen LogP contribution in [0, 0.1) is 19.8 Å². The lowest BCUT2D eigenvalue weighted by molar-refractivity contribution is 0.153. The summed E-state index contributed by atoms with van der Waals surface area (Å²) >= 11 is 0. The number of rotatable bonds is 5. The van der Waals surface area contributed by atoms with E-state index in [2.05, 4.69) is 49.2 Å². The molecule has 2 aliphatic rings. The fourth-order valence-electron chi connectivity index (χ4n) is 3.88. The van der Waals surface area contributed by atoms with Gasteiger partial charge in [-0.3, -0.25) is 4.90 Å². The Balaban J connectivity index is 1.73. The van der Waals surface area contributed by atoms with Gasteiger partial charge < -0.3 is 5.32 Å². The summed E-state index contributed by atoms with van der Waals surface area (Å²) in [5.74, 6) is 0.840. The van der Waals surface area contributed by atoms with Crippen LogP contribution in [0.2, 0.25) is 0 Å². The Morgan fingerprint density at radius 2 is 2.05 bits per heavy atom. The molecule has 1 aliphatic carbocycles. The van der Waals surface area contributed by atoms with Gasteiger partial charge in [0, 0.05) is 18.6 Å². The lowest BCUT2D eigenvalue weighted by Gasteiger charge is -2.35. The topological polar surface area (TPSA) is 15.3 Å². The molecule has 3 rings (SSSR count). The van der Waals surface area contributed by atoms with Crippen LogP contribution < -0.4 is 5.32 Å². The Kier molecular flexibility index (Phi) is 4.66. The van der Waals surface area contributed by atoms with Gasteiger partial charge in [-0.25, -0.2) is 0 Å². The van der Waals surface area contributed by atoms with E-state index in [1.807, 2.05) is 0 Å². The molecule has 2 fully saturated rings. The maximum absolute atomic E-state index is 3.57. The van der Waals surface area contributed by atoms with Crippen LogP contribution in [0.5, 0.6) is 0 Å². The normalized spacial score (nSPS) is 24.3. The van der Waals surface area contributed by atoms with Crippen LogP contribution >= 0.6 is 0 Å². The van der Waals surface area contributed by atoms with Crippen molar-refractivity contribution in [2.45, 2.75) is 58.5 Å². The molecule has 1 aromatic rings. The number of aryl methyl sites for hydroxylation is 2. The Labute approximate surface area is 129 Å². The first-order chi connectivity index (χ1) is 10.1.